The molecule has 0 amide bonds. The zero-order chi connectivity index (χ0) is 20.5. The smallest absolute Gasteiger partial charge is 0.173 e. The third kappa shape index (κ3) is 6.34. The second-order valence-electron chi connectivity index (χ2n) is 6.94. The fraction of sp³-hybridized carbons (Fsp3) is 0.435. The Bertz CT molecular complexity index is 776. The number of thiocarbonyl (C=S) groups is 1. The molecule has 0 radical (unpaired) electrons. The topological polar surface area (TPSA) is 43.0 Å². The molecule has 1 aliphatic heterocycles. The van der Waals surface area contributed by atoms with Crippen LogP contribution in [0.25, 0.3) is 0 Å². The van der Waals surface area contributed by atoms with Gasteiger partial charge in [0.05, 0.1) is 19.3 Å². The zero-order valence-corrected chi connectivity index (χ0v) is 18.0. The summed E-state index contributed by atoms with van der Waals surface area (Å²) in [6.07, 6.45) is 2.37. The lowest BCUT2D eigenvalue weighted by molar-refractivity contribution is 0.0903. The second kappa shape index (κ2) is 11.0. The lowest BCUT2D eigenvalue weighted by Crippen LogP contribution is -2.39. The summed E-state index contributed by atoms with van der Waals surface area (Å²) in [4.78, 5) is 2.17. The molecular weight excluding hydrogens is 384 g/mol. The van der Waals surface area contributed by atoms with E-state index in [1.165, 1.54) is 0 Å². The van der Waals surface area contributed by atoms with Crippen molar-refractivity contribution < 1.29 is 14.2 Å². The summed E-state index contributed by atoms with van der Waals surface area (Å²) in [5.74, 6) is 1.75. The monoisotopic (exact) mass is 414 g/mol. The minimum Gasteiger partial charge on any atom is -0.494 e. The van der Waals surface area contributed by atoms with Gasteiger partial charge >= 0.3 is 0 Å². The summed E-state index contributed by atoms with van der Waals surface area (Å²) in [7, 11) is 0. The molecule has 1 saturated heterocycles. The predicted octanol–water partition coefficient (Wildman–Crippen LogP) is 4.86. The van der Waals surface area contributed by atoms with Crippen molar-refractivity contribution in [2.45, 2.75) is 39.3 Å². The van der Waals surface area contributed by atoms with Crippen LogP contribution in [-0.2, 0) is 11.3 Å². The molecule has 156 valence electrons. The van der Waals surface area contributed by atoms with E-state index in [1.54, 1.807) is 0 Å². The van der Waals surface area contributed by atoms with Crippen LogP contribution in [0.2, 0.25) is 0 Å². The number of hydrogen-bond acceptors (Lipinski definition) is 4. The summed E-state index contributed by atoms with van der Waals surface area (Å²) >= 11 is 5.77. The number of nitrogens with one attached hydrogen (secondary N) is 1. The van der Waals surface area contributed by atoms with Crippen molar-refractivity contribution in [1.29, 1.82) is 0 Å². The lowest BCUT2D eigenvalue weighted by Gasteiger charge is -2.29. The third-order valence-corrected chi connectivity index (χ3v) is 5.15. The lowest BCUT2D eigenvalue weighted by atomic mass is 10.1. The van der Waals surface area contributed by atoms with Gasteiger partial charge in [0.1, 0.15) is 11.5 Å². The van der Waals surface area contributed by atoms with E-state index in [2.05, 4.69) is 16.3 Å². The molecule has 0 spiro atoms. The average Bonchev–Trinajstić information content (AvgIpc) is 3.24. The van der Waals surface area contributed by atoms with E-state index in [4.69, 9.17) is 26.4 Å². The number of hydrogen-bond donors (Lipinski definition) is 1. The van der Waals surface area contributed by atoms with Crippen LogP contribution in [0.3, 0.4) is 0 Å². The third-order valence-electron chi connectivity index (χ3n) is 4.79. The molecule has 0 aliphatic carbocycles. The Labute approximate surface area is 179 Å². The molecule has 1 N–H and O–H groups in total. The number of ether oxygens (including phenoxy) is 3. The SMILES string of the molecule is CCOc1ccc(NC(=S)N(Cc2ccccc2OCC)CC2CCCO2)cc1. The summed E-state index contributed by atoms with van der Waals surface area (Å²) in [5.41, 5.74) is 2.05. The van der Waals surface area contributed by atoms with Gasteiger partial charge in [0.25, 0.3) is 0 Å². The van der Waals surface area contributed by atoms with Gasteiger partial charge in [-0.05, 0) is 69.2 Å². The molecule has 2 aromatic carbocycles. The first-order valence-electron chi connectivity index (χ1n) is 10.3. The first-order chi connectivity index (χ1) is 14.2. The van der Waals surface area contributed by atoms with Gasteiger partial charge in [-0.3, -0.25) is 0 Å². The maximum Gasteiger partial charge on any atom is 0.173 e. The van der Waals surface area contributed by atoms with Crippen molar-refractivity contribution in [2.75, 3.05) is 31.7 Å². The van der Waals surface area contributed by atoms with Crippen molar-refractivity contribution in [3.05, 3.63) is 54.1 Å². The highest BCUT2D eigenvalue weighted by atomic mass is 32.1. The van der Waals surface area contributed by atoms with Crippen LogP contribution in [0.4, 0.5) is 5.69 Å². The molecule has 5 nitrogen and oxygen atoms in total. The minimum absolute atomic E-state index is 0.203. The van der Waals surface area contributed by atoms with E-state index < -0.39 is 0 Å². The van der Waals surface area contributed by atoms with E-state index in [1.807, 2.05) is 56.3 Å². The van der Waals surface area contributed by atoms with Crippen LogP contribution in [-0.4, -0.2) is 42.5 Å². The van der Waals surface area contributed by atoms with Crippen molar-refractivity contribution in [3.63, 3.8) is 0 Å². The quantitative estimate of drug-likeness (QED) is 0.591. The van der Waals surface area contributed by atoms with Crippen LogP contribution in [0.1, 0.15) is 32.3 Å². The summed E-state index contributed by atoms with van der Waals surface area (Å²) in [6, 6.07) is 16.0. The van der Waals surface area contributed by atoms with Gasteiger partial charge in [0.15, 0.2) is 5.11 Å². The molecule has 0 aromatic heterocycles. The van der Waals surface area contributed by atoms with Crippen LogP contribution >= 0.6 is 12.2 Å². The molecule has 1 aliphatic rings. The first kappa shape index (κ1) is 21.4. The molecule has 29 heavy (non-hydrogen) atoms. The van der Waals surface area contributed by atoms with Gasteiger partial charge in [-0.2, -0.15) is 0 Å². The highest BCUT2D eigenvalue weighted by Gasteiger charge is 2.22. The molecule has 3 rings (SSSR count). The van der Waals surface area contributed by atoms with Crippen LogP contribution in [0.5, 0.6) is 11.5 Å². The van der Waals surface area contributed by atoms with Crippen molar-refractivity contribution in [2.24, 2.45) is 0 Å². The maximum atomic E-state index is 5.87. The van der Waals surface area contributed by atoms with E-state index in [-0.39, 0.29) is 6.10 Å². The normalized spacial score (nSPS) is 15.7. The Morgan fingerprint density at radius 2 is 1.86 bits per heavy atom. The standard InChI is InChI=1S/C23H30N2O3S/c1-3-26-20-13-11-19(12-14-20)24-23(29)25(17-21-9-7-15-28-21)16-18-8-5-6-10-22(18)27-4-2/h5-6,8,10-14,21H,3-4,7,9,15-17H2,1-2H3,(H,24,29). The Balaban J connectivity index is 1.72. The number of benzene rings is 2. The Morgan fingerprint density at radius 3 is 2.55 bits per heavy atom. The van der Waals surface area contributed by atoms with E-state index >= 15 is 0 Å². The molecule has 1 heterocycles. The molecule has 1 fully saturated rings. The number of anilines is 1. The summed E-state index contributed by atoms with van der Waals surface area (Å²) in [5, 5.41) is 4.04. The fourth-order valence-corrected chi connectivity index (χ4v) is 3.65. The van der Waals surface area contributed by atoms with Crippen molar-refractivity contribution in [3.8, 4) is 11.5 Å². The van der Waals surface area contributed by atoms with Gasteiger partial charge in [-0.25, -0.2) is 0 Å². The molecule has 0 bridgehead atoms. The molecule has 1 atom stereocenters. The van der Waals surface area contributed by atoms with Gasteiger partial charge in [0.2, 0.25) is 0 Å². The molecule has 0 saturated carbocycles. The van der Waals surface area contributed by atoms with E-state index in [0.717, 1.165) is 48.7 Å². The van der Waals surface area contributed by atoms with Crippen molar-refractivity contribution in [1.82, 2.24) is 4.90 Å². The van der Waals surface area contributed by atoms with Gasteiger partial charge in [0, 0.05) is 30.9 Å². The Hall–Kier alpha value is -2.31. The molecule has 1 unspecified atom stereocenters. The van der Waals surface area contributed by atoms with Gasteiger partial charge in [-0.1, -0.05) is 18.2 Å². The maximum absolute atomic E-state index is 5.87. The Morgan fingerprint density at radius 1 is 1.10 bits per heavy atom. The zero-order valence-electron chi connectivity index (χ0n) is 17.2. The van der Waals surface area contributed by atoms with Gasteiger partial charge < -0.3 is 24.4 Å². The second-order valence-corrected chi connectivity index (χ2v) is 7.33. The molecular formula is C23H30N2O3S. The largest absolute Gasteiger partial charge is 0.494 e. The molecule has 6 heteroatoms. The first-order valence-corrected chi connectivity index (χ1v) is 10.7. The number of rotatable bonds is 9. The number of nitrogens with zero attached hydrogens (tertiary/aromatic N) is 1. The van der Waals surface area contributed by atoms with E-state index in [0.29, 0.717) is 24.9 Å². The van der Waals surface area contributed by atoms with Gasteiger partial charge in [-0.15, -0.1) is 0 Å². The van der Waals surface area contributed by atoms with Crippen molar-refractivity contribution >= 4 is 23.0 Å². The van der Waals surface area contributed by atoms with Crippen LogP contribution in [0, 0.1) is 0 Å². The summed E-state index contributed by atoms with van der Waals surface area (Å²) in [6.45, 7) is 7.51. The Kier molecular flexibility index (Phi) is 8.14. The van der Waals surface area contributed by atoms with E-state index in [9.17, 15) is 0 Å². The average molecular weight is 415 g/mol. The highest BCUT2D eigenvalue weighted by molar-refractivity contribution is 7.80. The minimum atomic E-state index is 0.203. The highest BCUT2D eigenvalue weighted by Crippen LogP contribution is 2.23. The number of para-hydroxylation sites is 1. The molecule has 2 aromatic rings. The fourth-order valence-electron chi connectivity index (χ4n) is 3.39. The van der Waals surface area contributed by atoms with Crippen LogP contribution in [0.15, 0.2) is 48.5 Å². The predicted molar refractivity (Wildman–Crippen MR) is 121 cm³/mol. The summed E-state index contributed by atoms with van der Waals surface area (Å²) < 4.78 is 17.2. The van der Waals surface area contributed by atoms with Crippen LogP contribution < -0.4 is 14.8 Å².